The van der Waals surface area contributed by atoms with E-state index in [9.17, 15) is 14.7 Å². The third-order valence-electron chi connectivity index (χ3n) is 6.47. The van der Waals surface area contributed by atoms with Gasteiger partial charge in [0.2, 0.25) is 11.8 Å². The number of morpholine rings is 1. The van der Waals surface area contributed by atoms with Crippen molar-refractivity contribution in [2.75, 3.05) is 39.4 Å². The van der Waals surface area contributed by atoms with Gasteiger partial charge in [-0.25, -0.2) is 0 Å². The number of fused-ring (bicyclic) bond motifs is 2. The summed E-state index contributed by atoms with van der Waals surface area (Å²) in [7, 11) is 0. The Morgan fingerprint density at radius 2 is 1.87 bits per heavy atom. The highest BCUT2D eigenvalue weighted by molar-refractivity contribution is 6.03. The average molecular weight is 324 g/mol. The van der Waals surface area contributed by atoms with Gasteiger partial charge in [-0.05, 0) is 18.3 Å². The Labute approximate surface area is 137 Å². The number of carbonyl (C=O) groups excluding carboxylic acids is 2. The number of imide groups is 1. The molecular weight excluding hydrogens is 296 g/mol. The smallest absolute Gasteiger partial charge is 0.235 e. The quantitative estimate of drug-likeness (QED) is 0.762. The van der Waals surface area contributed by atoms with Crippen LogP contribution in [0.2, 0.25) is 0 Å². The summed E-state index contributed by atoms with van der Waals surface area (Å²) < 4.78 is 5.30. The van der Waals surface area contributed by atoms with Crippen molar-refractivity contribution < 1.29 is 19.4 Å². The minimum Gasteiger partial charge on any atom is -0.390 e. The molecule has 0 aromatic heterocycles. The number of hydrogen-bond donors (Lipinski definition) is 1. The maximum Gasteiger partial charge on any atom is 0.235 e. The van der Waals surface area contributed by atoms with Crippen LogP contribution in [0.5, 0.6) is 0 Å². The number of ether oxygens (including phenoxy) is 1. The third kappa shape index (κ3) is 2.61. The summed E-state index contributed by atoms with van der Waals surface area (Å²) >= 11 is 0. The molecule has 3 rings (SSSR count). The molecule has 6 nitrogen and oxygen atoms in total. The summed E-state index contributed by atoms with van der Waals surface area (Å²) in [5.74, 6) is -0.320. The Bertz CT molecular complexity index is 501. The first-order chi connectivity index (χ1) is 10.8. The molecule has 3 aliphatic rings. The van der Waals surface area contributed by atoms with Crippen molar-refractivity contribution in [3.05, 3.63) is 0 Å². The normalized spacial score (nSPS) is 35.7. The Balaban J connectivity index is 1.68. The molecule has 0 spiro atoms. The molecule has 3 atom stereocenters. The molecule has 2 aliphatic heterocycles. The zero-order chi connectivity index (χ0) is 16.8. The van der Waals surface area contributed by atoms with Gasteiger partial charge in [0.25, 0.3) is 0 Å². The van der Waals surface area contributed by atoms with E-state index in [4.69, 9.17) is 4.74 Å². The minimum absolute atomic E-state index is 0.101. The molecule has 0 radical (unpaired) electrons. The van der Waals surface area contributed by atoms with Gasteiger partial charge in [0, 0.05) is 25.6 Å². The van der Waals surface area contributed by atoms with Crippen LogP contribution in [0.25, 0.3) is 0 Å². The Morgan fingerprint density at radius 3 is 2.52 bits per heavy atom. The van der Waals surface area contributed by atoms with Crippen molar-refractivity contribution in [2.24, 2.45) is 16.7 Å². The molecule has 130 valence electrons. The first kappa shape index (κ1) is 16.9. The van der Waals surface area contributed by atoms with Gasteiger partial charge in [0.05, 0.1) is 31.3 Å². The molecule has 1 N–H and O–H groups in total. The molecular formula is C17H28N2O4. The van der Waals surface area contributed by atoms with Crippen LogP contribution in [0, 0.1) is 16.7 Å². The van der Waals surface area contributed by atoms with Gasteiger partial charge in [0.15, 0.2) is 0 Å². The fourth-order valence-corrected chi connectivity index (χ4v) is 4.42. The van der Waals surface area contributed by atoms with Gasteiger partial charge in [-0.3, -0.25) is 19.4 Å². The number of aliphatic hydroxyl groups excluding tert-OH is 1. The van der Waals surface area contributed by atoms with Crippen LogP contribution in [0.1, 0.15) is 33.6 Å². The number of β-amino-alcohol motifs (C(OH)–C–C–N with tert-alkyl or cyclic N) is 1. The largest absolute Gasteiger partial charge is 0.390 e. The van der Waals surface area contributed by atoms with Gasteiger partial charge in [-0.2, -0.15) is 0 Å². The number of amides is 2. The lowest BCUT2D eigenvalue weighted by atomic mass is 9.62. The van der Waals surface area contributed by atoms with Gasteiger partial charge >= 0.3 is 0 Å². The lowest BCUT2D eigenvalue weighted by molar-refractivity contribution is -0.169. The van der Waals surface area contributed by atoms with E-state index in [2.05, 4.69) is 4.90 Å². The minimum atomic E-state index is -0.704. The van der Waals surface area contributed by atoms with Crippen molar-refractivity contribution in [3.63, 3.8) is 0 Å². The van der Waals surface area contributed by atoms with E-state index in [1.54, 1.807) is 0 Å². The van der Waals surface area contributed by atoms with Crippen molar-refractivity contribution in [2.45, 2.75) is 39.7 Å². The maximum atomic E-state index is 12.9. The highest BCUT2D eigenvalue weighted by atomic mass is 16.5. The topological polar surface area (TPSA) is 70.1 Å². The van der Waals surface area contributed by atoms with Crippen LogP contribution >= 0.6 is 0 Å². The lowest BCUT2D eigenvalue weighted by Gasteiger charge is -2.48. The van der Waals surface area contributed by atoms with Crippen LogP contribution in [0.15, 0.2) is 0 Å². The Morgan fingerprint density at radius 1 is 1.22 bits per heavy atom. The van der Waals surface area contributed by atoms with Crippen molar-refractivity contribution in [1.29, 1.82) is 0 Å². The standard InChI is InChI=1S/C17H28N2O4/c1-16(2)13-4-5-17(16,3)15(22)19(14(13)21)11-12(20)10-18-6-8-23-9-7-18/h12-13,20H,4-11H2,1-3H3/t12-,13+,17+/m1/s1. The number of carbonyl (C=O) groups is 2. The van der Waals surface area contributed by atoms with Crippen LogP contribution in [-0.2, 0) is 14.3 Å². The third-order valence-corrected chi connectivity index (χ3v) is 6.47. The van der Waals surface area contributed by atoms with Crippen LogP contribution in [0.4, 0.5) is 0 Å². The van der Waals surface area contributed by atoms with E-state index in [0.717, 1.165) is 25.9 Å². The summed E-state index contributed by atoms with van der Waals surface area (Å²) in [4.78, 5) is 29.1. The molecule has 6 heteroatoms. The van der Waals surface area contributed by atoms with Crippen LogP contribution in [0.3, 0.4) is 0 Å². The number of hydrogen-bond acceptors (Lipinski definition) is 5. The molecule has 3 fully saturated rings. The van der Waals surface area contributed by atoms with Gasteiger partial charge < -0.3 is 9.84 Å². The van der Waals surface area contributed by atoms with E-state index in [-0.39, 0.29) is 29.7 Å². The second-order valence-electron chi connectivity index (χ2n) is 7.97. The zero-order valence-electron chi connectivity index (χ0n) is 14.4. The number of piperidine rings is 1. The average Bonchev–Trinajstić information content (AvgIpc) is 2.70. The predicted octanol–water partition coefficient (Wildman–Crippen LogP) is 0.491. The maximum absolute atomic E-state index is 12.9. The second-order valence-corrected chi connectivity index (χ2v) is 7.97. The van der Waals surface area contributed by atoms with Crippen molar-refractivity contribution in [1.82, 2.24) is 9.80 Å². The molecule has 2 heterocycles. The number of aliphatic hydroxyl groups is 1. The van der Waals surface area contributed by atoms with Gasteiger partial charge in [-0.15, -0.1) is 0 Å². The summed E-state index contributed by atoms with van der Waals surface area (Å²) in [6.07, 6.45) is 0.820. The van der Waals surface area contributed by atoms with Crippen LogP contribution in [-0.4, -0.2) is 72.2 Å². The number of nitrogens with zero attached hydrogens (tertiary/aromatic N) is 2. The highest BCUT2D eigenvalue weighted by Gasteiger charge is 2.64. The molecule has 1 aliphatic carbocycles. The highest BCUT2D eigenvalue weighted by Crippen LogP contribution is 2.59. The van der Waals surface area contributed by atoms with Crippen molar-refractivity contribution >= 4 is 11.8 Å². The predicted molar refractivity (Wildman–Crippen MR) is 84.6 cm³/mol. The van der Waals surface area contributed by atoms with E-state index in [1.165, 1.54) is 4.90 Å². The van der Waals surface area contributed by atoms with E-state index in [0.29, 0.717) is 19.8 Å². The summed E-state index contributed by atoms with van der Waals surface area (Å²) in [6, 6.07) is 0. The van der Waals surface area contributed by atoms with Gasteiger partial charge in [0.1, 0.15) is 0 Å². The van der Waals surface area contributed by atoms with Crippen LogP contribution < -0.4 is 0 Å². The molecule has 23 heavy (non-hydrogen) atoms. The lowest BCUT2D eigenvalue weighted by Crippen LogP contribution is -2.61. The first-order valence-corrected chi connectivity index (χ1v) is 8.61. The Hall–Kier alpha value is -0.980. The van der Waals surface area contributed by atoms with Crippen molar-refractivity contribution in [3.8, 4) is 0 Å². The summed E-state index contributed by atoms with van der Waals surface area (Å²) in [5.41, 5.74) is -0.795. The monoisotopic (exact) mass is 324 g/mol. The Kier molecular flexibility index (Phi) is 4.27. The van der Waals surface area contributed by atoms with E-state index in [1.807, 2.05) is 20.8 Å². The number of likely N-dealkylation sites (tertiary alicyclic amines) is 1. The SMILES string of the molecule is CC1(C)[C@H]2CC[C@@]1(C)C(=O)N(C[C@H](O)CN1CCOCC1)C2=O. The first-order valence-electron chi connectivity index (χ1n) is 8.61. The fourth-order valence-electron chi connectivity index (χ4n) is 4.42. The molecule has 0 unspecified atom stereocenters. The molecule has 2 saturated heterocycles. The van der Waals surface area contributed by atoms with Gasteiger partial charge in [-0.1, -0.05) is 20.8 Å². The van der Waals surface area contributed by atoms with E-state index < -0.39 is 11.5 Å². The second kappa shape index (κ2) is 5.83. The molecule has 0 aromatic rings. The van der Waals surface area contributed by atoms with E-state index >= 15 is 0 Å². The fraction of sp³-hybridized carbons (Fsp3) is 0.882. The summed E-state index contributed by atoms with van der Waals surface area (Å²) in [6.45, 7) is 9.53. The molecule has 2 bridgehead atoms. The molecule has 0 aromatic carbocycles. The molecule has 1 saturated carbocycles. The zero-order valence-corrected chi connectivity index (χ0v) is 14.4. The summed E-state index contributed by atoms with van der Waals surface area (Å²) in [5, 5.41) is 10.4. The number of rotatable bonds is 4. The molecule has 2 amide bonds.